The molecule has 90 valence electrons. The highest BCUT2D eigenvalue weighted by molar-refractivity contribution is 5.30. The smallest absolute Gasteiger partial charge is 0.293 e. The van der Waals surface area contributed by atoms with E-state index in [2.05, 4.69) is 10.3 Å². The van der Waals surface area contributed by atoms with Crippen LogP contribution >= 0.6 is 0 Å². The van der Waals surface area contributed by atoms with Crippen LogP contribution in [-0.4, -0.2) is 22.6 Å². The molecule has 1 rings (SSSR count). The van der Waals surface area contributed by atoms with Crippen LogP contribution in [0.15, 0.2) is 17.2 Å². The molecule has 0 fully saturated rings. The quantitative estimate of drug-likeness (QED) is 0.672. The van der Waals surface area contributed by atoms with Crippen LogP contribution in [-0.2, 0) is 6.54 Å². The van der Waals surface area contributed by atoms with E-state index in [9.17, 15) is 4.79 Å². The molecule has 16 heavy (non-hydrogen) atoms. The van der Waals surface area contributed by atoms with E-state index in [0.29, 0.717) is 12.4 Å². The summed E-state index contributed by atoms with van der Waals surface area (Å²) in [5, 5.41) is 3.06. The number of nitrogens with two attached hydrogens (primary N) is 1. The molecule has 0 aliphatic rings. The van der Waals surface area contributed by atoms with Gasteiger partial charge in [0, 0.05) is 25.5 Å². The van der Waals surface area contributed by atoms with Crippen LogP contribution in [0.4, 0.5) is 5.82 Å². The first-order chi connectivity index (χ1) is 7.79. The van der Waals surface area contributed by atoms with Crippen LogP contribution in [0, 0.1) is 0 Å². The van der Waals surface area contributed by atoms with Gasteiger partial charge in [0.15, 0.2) is 5.82 Å². The molecule has 1 aromatic rings. The van der Waals surface area contributed by atoms with E-state index < -0.39 is 0 Å². The van der Waals surface area contributed by atoms with Gasteiger partial charge in [-0.05, 0) is 26.3 Å². The van der Waals surface area contributed by atoms with E-state index in [1.807, 2.05) is 6.92 Å². The zero-order valence-corrected chi connectivity index (χ0v) is 9.78. The molecule has 1 aromatic heterocycles. The number of rotatable bonds is 7. The largest absolute Gasteiger partial charge is 0.365 e. The van der Waals surface area contributed by atoms with Crippen LogP contribution in [0.5, 0.6) is 0 Å². The second-order valence-corrected chi connectivity index (χ2v) is 3.64. The predicted octanol–water partition coefficient (Wildman–Crippen LogP) is 0.804. The fourth-order valence-electron chi connectivity index (χ4n) is 1.47. The van der Waals surface area contributed by atoms with Crippen molar-refractivity contribution in [1.82, 2.24) is 9.55 Å². The fourth-order valence-corrected chi connectivity index (χ4v) is 1.47. The zero-order valence-electron chi connectivity index (χ0n) is 9.78. The Hall–Kier alpha value is -1.36. The standard InChI is InChI=1S/C11H20N4O/c1-2-15-9-8-14-10(11(15)16)13-7-5-3-4-6-12/h8-9H,2-7,12H2,1H3,(H,13,14). The van der Waals surface area contributed by atoms with Gasteiger partial charge in [0.1, 0.15) is 0 Å². The van der Waals surface area contributed by atoms with Crippen molar-refractivity contribution in [3.8, 4) is 0 Å². The van der Waals surface area contributed by atoms with Gasteiger partial charge < -0.3 is 15.6 Å². The highest BCUT2D eigenvalue weighted by atomic mass is 16.1. The second-order valence-electron chi connectivity index (χ2n) is 3.64. The van der Waals surface area contributed by atoms with Gasteiger partial charge in [-0.2, -0.15) is 0 Å². The Morgan fingerprint density at radius 1 is 1.44 bits per heavy atom. The summed E-state index contributed by atoms with van der Waals surface area (Å²) in [6.45, 7) is 4.11. The molecule has 0 aromatic carbocycles. The van der Waals surface area contributed by atoms with E-state index in [4.69, 9.17) is 5.73 Å². The first kappa shape index (κ1) is 12.7. The first-order valence-corrected chi connectivity index (χ1v) is 5.79. The lowest BCUT2D eigenvalue weighted by molar-refractivity contribution is 0.697. The Morgan fingerprint density at radius 2 is 2.25 bits per heavy atom. The molecule has 0 saturated carbocycles. The Labute approximate surface area is 95.7 Å². The molecule has 0 aliphatic carbocycles. The van der Waals surface area contributed by atoms with Crippen molar-refractivity contribution in [3.63, 3.8) is 0 Å². The number of aromatic nitrogens is 2. The number of nitrogens with one attached hydrogen (secondary N) is 1. The number of aryl methyl sites for hydroxylation is 1. The van der Waals surface area contributed by atoms with Gasteiger partial charge in [0.05, 0.1) is 0 Å². The summed E-state index contributed by atoms with van der Waals surface area (Å²) in [5.41, 5.74) is 5.35. The van der Waals surface area contributed by atoms with Gasteiger partial charge in [-0.15, -0.1) is 0 Å². The summed E-state index contributed by atoms with van der Waals surface area (Å²) in [4.78, 5) is 15.8. The highest BCUT2D eigenvalue weighted by Crippen LogP contribution is 1.97. The predicted molar refractivity (Wildman–Crippen MR) is 65.6 cm³/mol. The van der Waals surface area contributed by atoms with Crippen molar-refractivity contribution in [3.05, 3.63) is 22.7 Å². The summed E-state index contributed by atoms with van der Waals surface area (Å²) >= 11 is 0. The molecular weight excluding hydrogens is 204 g/mol. The number of hydrogen-bond donors (Lipinski definition) is 2. The topological polar surface area (TPSA) is 72.9 Å². The van der Waals surface area contributed by atoms with Crippen molar-refractivity contribution in [2.24, 2.45) is 5.73 Å². The molecule has 0 atom stereocenters. The second kappa shape index (κ2) is 7.00. The lowest BCUT2D eigenvalue weighted by Crippen LogP contribution is -2.24. The number of nitrogens with zero attached hydrogens (tertiary/aromatic N) is 2. The molecule has 0 amide bonds. The van der Waals surface area contributed by atoms with Crippen molar-refractivity contribution >= 4 is 5.82 Å². The minimum absolute atomic E-state index is 0.0520. The van der Waals surface area contributed by atoms with Crippen molar-refractivity contribution in [1.29, 1.82) is 0 Å². The molecule has 0 spiro atoms. The van der Waals surface area contributed by atoms with Crippen LogP contribution in [0.2, 0.25) is 0 Å². The highest BCUT2D eigenvalue weighted by Gasteiger charge is 2.01. The molecule has 5 nitrogen and oxygen atoms in total. The number of hydrogen-bond acceptors (Lipinski definition) is 4. The lowest BCUT2D eigenvalue weighted by Gasteiger charge is -2.06. The average molecular weight is 224 g/mol. The fraction of sp³-hybridized carbons (Fsp3) is 0.636. The van der Waals surface area contributed by atoms with E-state index in [0.717, 1.165) is 32.4 Å². The minimum Gasteiger partial charge on any atom is -0.365 e. The summed E-state index contributed by atoms with van der Waals surface area (Å²) in [5.74, 6) is 0.442. The summed E-state index contributed by atoms with van der Waals surface area (Å²) < 4.78 is 1.63. The van der Waals surface area contributed by atoms with E-state index in [-0.39, 0.29) is 5.56 Å². The molecule has 1 heterocycles. The SMILES string of the molecule is CCn1ccnc(NCCCCCN)c1=O. The third kappa shape index (κ3) is 3.66. The molecule has 3 N–H and O–H groups in total. The van der Waals surface area contributed by atoms with Gasteiger partial charge in [-0.25, -0.2) is 4.98 Å². The lowest BCUT2D eigenvalue weighted by atomic mass is 10.2. The Kier molecular flexibility index (Phi) is 5.56. The first-order valence-electron chi connectivity index (χ1n) is 5.79. The molecular formula is C11H20N4O. The van der Waals surface area contributed by atoms with Crippen molar-refractivity contribution in [2.45, 2.75) is 32.7 Å². The van der Waals surface area contributed by atoms with Crippen LogP contribution in [0.25, 0.3) is 0 Å². The molecule has 0 unspecified atom stereocenters. The van der Waals surface area contributed by atoms with Gasteiger partial charge in [-0.1, -0.05) is 6.42 Å². The Balaban J connectivity index is 2.45. The molecule has 5 heteroatoms. The van der Waals surface area contributed by atoms with Gasteiger partial charge in [-0.3, -0.25) is 4.79 Å². The summed E-state index contributed by atoms with van der Waals surface area (Å²) in [7, 11) is 0. The molecule has 0 bridgehead atoms. The average Bonchev–Trinajstić information content (AvgIpc) is 2.31. The minimum atomic E-state index is -0.0520. The third-order valence-corrected chi connectivity index (χ3v) is 2.43. The van der Waals surface area contributed by atoms with Gasteiger partial charge >= 0.3 is 0 Å². The molecule has 0 radical (unpaired) electrons. The zero-order chi connectivity index (χ0) is 11.8. The monoisotopic (exact) mass is 224 g/mol. The molecule has 0 aliphatic heterocycles. The maximum Gasteiger partial charge on any atom is 0.293 e. The van der Waals surface area contributed by atoms with Crippen LogP contribution < -0.4 is 16.6 Å². The van der Waals surface area contributed by atoms with Gasteiger partial charge in [0.2, 0.25) is 0 Å². The number of unbranched alkanes of at least 4 members (excludes halogenated alkanes) is 2. The Bertz CT molecular complexity index is 361. The Morgan fingerprint density at radius 3 is 2.94 bits per heavy atom. The van der Waals surface area contributed by atoms with Crippen molar-refractivity contribution < 1.29 is 0 Å². The van der Waals surface area contributed by atoms with Gasteiger partial charge in [0.25, 0.3) is 5.56 Å². The third-order valence-electron chi connectivity index (χ3n) is 2.43. The van der Waals surface area contributed by atoms with Crippen LogP contribution in [0.3, 0.4) is 0 Å². The van der Waals surface area contributed by atoms with E-state index >= 15 is 0 Å². The van der Waals surface area contributed by atoms with E-state index in [1.54, 1.807) is 17.0 Å². The normalized spacial score (nSPS) is 10.4. The van der Waals surface area contributed by atoms with E-state index in [1.165, 1.54) is 0 Å². The number of anilines is 1. The maximum atomic E-state index is 11.7. The van der Waals surface area contributed by atoms with Crippen LogP contribution in [0.1, 0.15) is 26.2 Å². The van der Waals surface area contributed by atoms with Crippen molar-refractivity contribution in [2.75, 3.05) is 18.4 Å². The summed E-state index contributed by atoms with van der Waals surface area (Å²) in [6.07, 6.45) is 6.47. The maximum absolute atomic E-state index is 11.7. The summed E-state index contributed by atoms with van der Waals surface area (Å²) in [6, 6.07) is 0. The molecule has 0 saturated heterocycles.